The van der Waals surface area contributed by atoms with Crippen molar-refractivity contribution in [2.24, 2.45) is 0 Å². The van der Waals surface area contributed by atoms with Gasteiger partial charge in [-0.1, -0.05) is 13.3 Å². The van der Waals surface area contributed by atoms with E-state index in [0.29, 0.717) is 11.1 Å². The van der Waals surface area contributed by atoms with Crippen molar-refractivity contribution in [3.8, 4) is 0 Å². The molecule has 0 aliphatic heterocycles. The first-order valence-corrected chi connectivity index (χ1v) is 12.4. The van der Waals surface area contributed by atoms with Crippen LogP contribution in [0.5, 0.6) is 0 Å². The molecule has 0 radical (unpaired) electrons. The molecule has 1 rings (SSSR count). The van der Waals surface area contributed by atoms with Crippen molar-refractivity contribution in [2.45, 2.75) is 58.1 Å². The van der Waals surface area contributed by atoms with Crippen molar-refractivity contribution in [1.82, 2.24) is 0 Å². The first kappa shape index (κ1) is 25.2. The first-order chi connectivity index (χ1) is 13.5. The van der Waals surface area contributed by atoms with Crippen molar-refractivity contribution in [3.63, 3.8) is 0 Å². The molecule has 0 amide bonds. The summed E-state index contributed by atoms with van der Waals surface area (Å²) in [5, 5.41) is -0.747. The van der Waals surface area contributed by atoms with Gasteiger partial charge in [-0.25, -0.2) is 0 Å². The van der Waals surface area contributed by atoms with Crippen molar-refractivity contribution in [3.05, 3.63) is 23.7 Å². The van der Waals surface area contributed by atoms with Gasteiger partial charge in [-0.2, -0.15) is 0 Å². The summed E-state index contributed by atoms with van der Waals surface area (Å²) in [5.41, 5.74) is 0.448. The van der Waals surface area contributed by atoms with E-state index < -0.39 is 24.5 Å². The Hall–Kier alpha value is -0.790. The number of hydrogen-bond donors (Lipinski definition) is 0. The quantitative estimate of drug-likeness (QED) is 0.211. The minimum Gasteiger partial charge on any atom is -0.472 e. The van der Waals surface area contributed by atoms with Crippen LogP contribution in [0.15, 0.2) is 16.9 Å². The van der Waals surface area contributed by atoms with E-state index in [-0.39, 0.29) is 26.4 Å². The molecular weight excluding hydrogens is 403 g/mol. The highest BCUT2D eigenvalue weighted by Crippen LogP contribution is 2.64. The number of rotatable bonds is 15. The molecule has 0 N–H and O–H groups in total. The predicted molar refractivity (Wildman–Crippen MR) is 111 cm³/mol. The number of ether oxygens (including phenoxy) is 2. The molecule has 0 spiro atoms. The topological polar surface area (TPSA) is 84.2 Å². The molecule has 28 heavy (non-hydrogen) atoms. The maximum Gasteiger partial charge on any atom is 0.339 e. The lowest BCUT2D eigenvalue weighted by Gasteiger charge is -2.31. The summed E-state index contributed by atoms with van der Waals surface area (Å²) in [4.78, 5) is 12.9. The number of carbonyl (C=O) groups is 1. The van der Waals surface area contributed by atoms with Crippen LogP contribution >= 0.6 is 19.4 Å². The Labute approximate surface area is 172 Å². The zero-order valence-electron chi connectivity index (χ0n) is 17.5. The summed E-state index contributed by atoms with van der Waals surface area (Å²) in [6.45, 7) is 8.21. The molecule has 0 aliphatic rings. The second kappa shape index (κ2) is 13.4. The predicted octanol–water partition coefficient (Wildman–Crippen LogP) is 5.20. The molecule has 0 bridgehead atoms. The molecule has 2 unspecified atom stereocenters. The maximum atomic E-state index is 13.8. The molecule has 9 heteroatoms. The Bertz CT molecular complexity index is 609. The lowest BCUT2D eigenvalue weighted by atomic mass is 10.1. The molecular formula is C19H33O7PS. The fraction of sp³-hybridized carbons (Fsp3) is 0.737. The molecule has 162 valence electrons. The van der Waals surface area contributed by atoms with Crippen LogP contribution in [0, 0.1) is 0 Å². The summed E-state index contributed by atoms with van der Waals surface area (Å²) < 4.78 is 41.0. The van der Waals surface area contributed by atoms with Gasteiger partial charge in [0.2, 0.25) is 0 Å². The second-order valence-corrected chi connectivity index (χ2v) is 9.40. The first-order valence-electron chi connectivity index (χ1n) is 9.69. The minimum absolute atomic E-state index is 0.195. The van der Waals surface area contributed by atoms with Crippen molar-refractivity contribution in [2.75, 3.05) is 32.7 Å². The van der Waals surface area contributed by atoms with E-state index in [1.165, 1.54) is 24.3 Å². The Morgan fingerprint density at radius 2 is 1.82 bits per heavy atom. The smallest absolute Gasteiger partial charge is 0.339 e. The highest BCUT2D eigenvalue weighted by molar-refractivity contribution is 8.00. The Kier molecular flexibility index (Phi) is 12.1. The highest BCUT2D eigenvalue weighted by atomic mass is 32.2. The zero-order valence-corrected chi connectivity index (χ0v) is 19.2. The largest absolute Gasteiger partial charge is 0.472 e. The molecule has 2 atom stereocenters. The Morgan fingerprint density at radius 1 is 1.14 bits per heavy atom. The minimum atomic E-state index is -3.69. The van der Waals surface area contributed by atoms with Crippen LogP contribution in [0.2, 0.25) is 0 Å². The van der Waals surface area contributed by atoms with Crippen LogP contribution < -0.4 is 0 Å². The summed E-state index contributed by atoms with van der Waals surface area (Å²) in [6.07, 6.45) is 4.95. The third-order valence-electron chi connectivity index (χ3n) is 3.95. The van der Waals surface area contributed by atoms with Gasteiger partial charge in [-0.3, -0.25) is 9.36 Å². The van der Waals surface area contributed by atoms with Crippen molar-refractivity contribution in [1.29, 1.82) is 0 Å². The van der Waals surface area contributed by atoms with Crippen LogP contribution in [0.1, 0.15) is 57.3 Å². The lowest BCUT2D eigenvalue weighted by molar-refractivity contribution is -0.142. The van der Waals surface area contributed by atoms with Crippen LogP contribution in [-0.4, -0.2) is 43.9 Å². The average molecular weight is 437 g/mol. The zero-order chi connectivity index (χ0) is 21.0. The normalized spacial score (nSPS) is 14.0. The molecule has 0 saturated heterocycles. The molecule has 0 aromatic carbocycles. The summed E-state index contributed by atoms with van der Waals surface area (Å²) >= 11 is 1.42. The van der Waals surface area contributed by atoms with Gasteiger partial charge < -0.3 is 22.9 Å². The number of unbranched alkanes of at least 4 members (excludes halogenated alkanes) is 1. The second-order valence-electron chi connectivity index (χ2n) is 6.00. The van der Waals surface area contributed by atoms with Gasteiger partial charge in [-0.15, -0.1) is 11.8 Å². The molecule has 1 aromatic rings. The van der Waals surface area contributed by atoms with E-state index in [1.807, 2.05) is 0 Å². The van der Waals surface area contributed by atoms with Gasteiger partial charge in [0.25, 0.3) is 0 Å². The van der Waals surface area contributed by atoms with E-state index >= 15 is 0 Å². The number of thioether (sulfide) groups is 1. The number of carbonyl (C=O) groups excluding carboxylic acids is 1. The van der Waals surface area contributed by atoms with Gasteiger partial charge in [0.05, 0.1) is 39.0 Å². The molecule has 1 aromatic heterocycles. The van der Waals surface area contributed by atoms with Gasteiger partial charge in [0.1, 0.15) is 10.9 Å². The molecule has 1 heterocycles. The highest BCUT2D eigenvalue weighted by Gasteiger charge is 2.48. The third kappa shape index (κ3) is 6.92. The molecule has 0 aliphatic carbocycles. The average Bonchev–Trinajstić information content (AvgIpc) is 3.09. The molecule has 0 saturated carbocycles. The van der Waals surface area contributed by atoms with E-state index in [2.05, 4.69) is 6.92 Å². The van der Waals surface area contributed by atoms with Crippen molar-refractivity contribution < 1.29 is 32.3 Å². The fourth-order valence-corrected chi connectivity index (χ4v) is 6.87. The Balaban J connectivity index is 3.47. The van der Waals surface area contributed by atoms with Crippen LogP contribution in [0.3, 0.4) is 0 Å². The monoisotopic (exact) mass is 436 g/mol. The van der Waals surface area contributed by atoms with E-state index in [0.717, 1.165) is 18.6 Å². The van der Waals surface area contributed by atoms with Gasteiger partial charge >= 0.3 is 13.6 Å². The number of esters is 1. The standard InChI is InChI=1S/C19H33O7PS/c1-6-10-11-28-18(19(20)24-7-2)17(27(21,25-8-3)26-9-4)16-14-23-13-15(16)12-22-5/h13-14,17-18H,6-12H2,1-5H3. The number of furan rings is 1. The number of hydrogen-bond acceptors (Lipinski definition) is 8. The number of methoxy groups -OCH3 is 1. The SMILES string of the molecule is CCCCSC(C(=O)OCC)C(c1cocc1COC)P(=O)(OCC)OCC. The lowest BCUT2D eigenvalue weighted by Crippen LogP contribution is -2.29. The van der Waals surface area contributed by atoms with Gasteiger partial charge in [0, 0.05) is 18.2 Å². The maximum absolute atomic E-state index is 13.8. The van der Waals surface area contributed by atoms with Gasteiger partial charge in [-0.05, 0) is 32.9 Å². The summed E-state index contributed by atoms with van der Waals surface area (Å²) in [7, 11) is -2.12. The molecule has 7 nitrogen and oxygen atoms in total. The van der Waals surface area contributed by atoms with Crippen LogP contribution in [0.4, 0.5) is 0 Å². The van der Waals surface area contributed by atoms with E-state index in [4.69, 9.17) is 22.9 Å². The summed E-state index contributed by atoms with van der Waals surface area (Å²) in [5.74, 6) is 0.296. The van der Waals surface area contributed by atoms with E-state index in [1.54, 1.807) is 27.9 Å². The van der Waals surface area contributed by atoms with Gasteiger partial charge in [0.15, 0.2) is 0 Å². The van der Waals surface area contributed by atoms with Crippen LogP contribution in [0.25, 0.3) is 0 Å². The summed E-state index contributed by atoms with van der Waals surface area (Å²) in [6, 6.07) is 0. The van der Waals surface area contributed by atoms with E-state index in [9.17, 15) is 9.36 Å². The third-order valence-corrected chi connectivity index (χ3v) is 8.00. The van der Waals surface area contributed by atoms with Crippen molar-refractivity contribution >= 4 is 25.3 Å². The van der Waals surface area contributed by atoms with Crippen LogP contribution in [-0.2, 0) is 34.5 Å². The molecule has 0 fully saturated rings. The fourth-order valence-electron chi connectivity index (χ4n) is 2.79. The Morgan fingerprint density at radius 3 is 2.36 bits per heavy atom.